The van der Waals surface area contributed by atoms with Gasteiger partial charge in [0.25, 0.3) is 5.91 Å². The van der Waals surface area contributed by atoms with E-state index in [0.717, 1.165) is 35.3 Å². The van der Waals surface area contributed by atoms with Gasteiger partial charge in [-0.1, -0.05) is 24.6 Å². The molecule has 1 aliphatic rings. The molecule has 29 heavy (non-hydrogen) atoms. The molecule has 0 spiro atoms. The summed E-state index contributed by atoms with van der Waals surface area (Å²) in [5, 5.41) is 1.12. The van der Waals surface area contributed by atoms with Crippen molar-refractivity contribution in [2.24, 2.45) is 0 Å². The van der Waals surface area contributed by atoms with Crippen LogP contribution in [-0.2, 0) is 6.42 Å². The molecular formula is C25H30N2O2. The van der Waals surface area contributed by atoms with Gasteiger partial charge < -0.3 is 9.64 Å². The first-order chi connectivity index (χ1) is 14.1. The topological polar surface area (TPSA) is 34.5 Å². The van der Waals surface area contributed by atoms with Gasteiger partial charge in [-0.3, -0.25) is 9.36 Å². The number of ether oxygens (including phenoxy) is 1. The Morgan fingerprint density at radius 3 is 2.66 bits per heavy atom. The van der Waals surface area contributed by atoms with E-state index < -0.39 is 0 Å². The number of nitrogens with zero attached hydrogens (tertiary/aromatic N) is 2. The molecule has 0 saturated carbocycles. The van der Waals surface area contributed by atoms with Crippen molar-refractivity contribution in [1.29, 1.82) is 0 Å². The molecule has 0 bridgehead atoms. The molecule has 1 saturated heterocycles. The summed E-state index contributed by atoms with van der Waals surface area (Å²) in [7, 11) is 1.69. The van der Waals surface area contributed by atoms with Crippen LogP contribution in [0.1, 0.15) is 47.8 Å². The number of benzene rings is 2. The Labute approximate surface area is 173 Å². The number of methoxy groups -OCH3 is 1. The summed E-state index contributed by atoms with van der Waals surface area (Å²) in [5.74, 6) is 0.852. The molecule has 2 aromatic carbocycles. The number of hydrogen-bond acceptors (Lipinski definition) is 3. The number of hydrogen-bond donors (Lipinski definition) is 0. The van der Waals surface area contributed by atoms with Gasteiger partial charge in [-0.25, -0.2) is 0 Å². The molecular weight excluding hydrogens is 360 g/mol. The molecule has 0 radical (unpaired) electrons. The van der Waals surface area contributed by atoms with Crippen molar-refractivity contribution in [1.82, 2.24) is 9.47 Å². The summed E-state index contributed by atoms with van der Waals surface area (Å²) in [4.78, 5) is 15.9. The third-order valence-electron chi connectivity index (χ3n) is 6.36. The summed E-state index contributed by atoms with van der Waals surface area (Å²) >= 11 is 0. The predicted molar refractivity (Wildman–Crippen MR) is 118 cm³/mol. The van der Waals surface area contributed by atoms with Crippen LogP contribution in [0.4, 0.5) is 0 Å². The third kappa shape index (κ3) is 3.82. The fraction of sp³-hybridized carbons (Fsp3) is 0.400. The van der Waals surface area contributed by atoms with Gasteiger partial charge in [0.05, 0.1) is 12.6 Å². The summed E-state index contributed by atoms with van der Waals surface area (Å²) in [6.07, 6.45) is 4.83. The van der Waals surface area contributed by atoms with Crippen molar-refractivity contribution in [3.05, 3.63) is 65.4 Å². The van der Waals surface area contributed by atoms with E-state index in [9.17, 15) is 4.79 Å². The highest BCUT2D eigenvalue weighted by Gasteiger charge is 2.22. The summed E-state index contributed by atoms with van der Waals surface area (Å²) < 4.78 is 7.35. The molecule has 2 heterocycles. The number of fused-ring (bicyclic) bond motifs is 1. The van der Waals surface area contributed by atoms with Crippen LogP contribution in [0.15, 0.2) is 48.5 Å². The zero-order valence-corrected chi connectivity index (χ0v) is 17.6. The molecule has 4 heteroatoms. The minimum absolute atomic E-state index is 0.0239. The Morgan fingerprint density at radius 2 is 1.93 bits per heavy atom. The lowest BCUT2D eigenvalue weighted by Gasteiger charge is -2.33. The molecule has 1 unspecified atom stereocenters. The number of likely N-dealkylation sites (tertiary alicyclic amines) is 1. The van der Waals surface area contributed by atoms with Crippen LogP contribution in [0.5, 0.6) is 5.75 Å². The highest BCUT2D eigenvalue weighted by Crippen LogP contribution is 2.31. The van der Waals surface area contributed by atoms with E-state index in [2.05, 4.69) is 24.8 Å². The van der Waals surface area contributed by atoms with Crippen LogP contribution in [0.2, 0.25) is 0 Å². The molecule has 3 aromatic rings. The first-order valence-corrected chi connectivity index (χ1v) is 10.6. The number of piperidine rings is 1. The second-order valence-corrected chi connectivity index (χ2v) is 8.08. The quantitative estimate of drug-likeness (QED) is 0.610. The van der Waals surface area contributed by atoms with E-state index in [-0.39, 0.29) is 5.91 Å². The molecule has 0 amide bonds. The van der Waals surface area contributed by atoms with Crippen LogP contribution in [0.3, 0.4) is 0 Å². The van der Waals surface area contributed by atoms with Crippen molar-refractivity contribution in [3.8, 4) is 5.75 Å². The Morgan fingerprint density at radius 1 is 1.14 bits per heavy atom. The average Bonchev–Trinajstić information content (AvgIpc) is 3.03. The largest absolute Gasteiger partial charge is 0.497 e. The Balaban J connectivity index is 1.74. The summed E-state index contributed by atoms with van der Waals surface area (Å²) in [6.45, 7) is 6.60. The van der Waals surface area contributed by atoms with Crippen molar-refractivity contribution >= 4 is 16.8 Å². The molecule has 4 nitrogen and oxygen atoms in total. The summed E-state index contributed by atoms with van der Waals surface area (Å²) in [6, 6.07) is 16.2. The predicted octanol–water partition coefficient (Wildman–Crippen LogP) is 5.06. The van der Waals surface area contributed by atoms with Gasteiger partial charge in [-0.05, 0) is 75.5 Å². The maximum absolute atomic E-state index is 13.3. The van der Waals surface area contributed by atoms with Gasteiger partial charge in [0.1, 0.15) is 5.75 Å². The molecule has 1 fully saturated rings. The molecule has 1 atom stereocenters. The van der Waals surface area contributed by atoms with Crippen LogP contribution < -0.4 is 4.74 Å². The van der Waals surface area contributed by atoms with Gasteiger partial charge in [0.2, 0.25) is 0 Å². The van der Waals surface area contributed by atoms with E-state index in [1.807, 2.05) is 47.0 Å². The molecule has 0 aliphatic carbocycles. The average molecular weight is 391 g/mol. The third-order valence-corrected chi connectivity index (χ3v) is 6.36. The minimum Gasteiger partial charge on any atom is -0.497 e. The van der Waals surface area contributed by atoms with Crippen molar-refractivity contribution in [3.63, 3.8) is 0 Å². The highest BCUT2D eigenvalue weighted by atomic mass is 16.5. The van der Waals surface area contributed by atoms with Crippen molar-refractivity contribution < 1.29 is 9.53 Å². The molecule has 152 valence electrons. The van der Waals surface area contributed by atoms with Crippen LogP contribution in [-0.4, -0.2) is 41.6 Å². The van der Waals surface area contributed by atoms with Gasteiger partial charge >= 0.3 is 0 Å². The van der Waals surface area contributed by atoms with Gasteiger partial charge in [-0.2, -0.15) is 0 Å². The first kappa shape index (κ1) is 19.7. The second-order valence-electron chi connectivity index (χ2n) is 8.08. The molecule has 0 N–H and O–H groups in total. The van der Waals surface area contributed by atoms with Crippen molar-refractivity contribution in [2.75, 3.05) is 20.2 Å². The van der Waals surface area contributed by atoms with Gasteiger partial charge in [0, 0.05) is 29.2 Å². The lowest BCUT2D eigenvalue weighted by Crippen LogP contribution is -2.38. The minimum atomic E-state index is 0.0239. The maximum Gasteiger partial charge on any atom is 0.262 e. The maximum atomic E-state index is 13.3. The molecule has 4 rings (SSSR count). The van der Waals surface area contributed by atoms with Crippen LogP contribution in [0, 0.1) is 6.92 Å². The fourth-order valence-electron chi connectivity index (χ4n) is 4.62. The molecule has 1 aliphatic heterocycles. The number of rotatable bonds is 5. The zero-order chi connectivity index (χ0) is 20.4. The monoisotopic (exact) mass is 390 g/mol. The lowest BCUT2D eigenvalue weighted by atomic mass is 10.0. The highest BCUT2D eigenvalue weighted by molar-refractivity contribution is 6.04. The molecule has 1 aromatic heterocycles. The normalized spacial score (nSPS) is 17.6. The van der Waals surface area contributed by atoms with E-state index in [1.54, 1.807) is 7.11 Å². The second kappa shape index (κ2) is 8.42. The van der Waals surface area contributed by atoms with E-state index >= 15 is 0 Å². The Hall–Kier alpha value is -2.59. The Kier molecular flexibility index (Phi) is 5.72. The smallest absolute Gasteiger partial charge is 0.262 e. The van der Waals surface area contributed by atoms with E-state index in [0.29, 0.717) is 11.6 Å². The number of carbonyl (C=O) groups excluding carboxylic acids is 1. The van der Waals surface area contributed by atoms with Crippen molar-refractivity contribution in [2.45, 2.75) is 45.6 Å². The number of carbonyl (C=O) groups is 1. The van der Waals surface area contributed by atoms with Gasteiger partial charge in [0.15, 0.2) is 0 Å². The summed E-state index contributed by atoms with van der Waals surface area (Å²) in [5.41, 5.74) is 3.95. The lowest BCUT2D eigenvalue weighted by molar-refractivity contribution is 0.0962. The van der Waals surface area contributed by atoms with Crippen LogP contribution in [0.25, 0.3) is 10.9 Å². The SMILES string of the molecule is COc1ccc2c(c1)c(CCN1CCCCC1C)c(C)n2C(=O)c1ccccc1. The standard InChI is InChI=1S/C25H30N2O2/c1-18-9-7-8-15-26(18)16-14-22-19(2)27(25(28)20-10-5-4-6-11-20)24-13-12-21(29-3)17-23(22)24/h4-6,10-13,17-18H,7-9,14-16H2,1-3H3. The van der Waals surface area contributed by atoms with E-state index in [1.165, 1.54) is 31.4 Å². The van der Waals surface area contributed by atoms with E-state index in [4.69, 9.17) is 4.74 Å². The Bertz CT molecular complexity index is 1010. The fourth-order valence-corrected chi connectivity index (χ4v) is 4.62. The zero-order valence-electron chi connectivity index (χ0n) is 17.6. The van der Waals surface area contributed by atoms with Gasteiger partial charge in [-0.15, -0.1) is 0 Å². The van der Waals surface area contributed by atoms with Crippen LogP contribution >= 0.6 is 0 Å². The first-order valence-electron chi connectivity index (χ1n) is 10.6. The number of aromatic nitrogens is 1.